The second-order valence-corrected chi connectivity index (χ2v) is 5.89. The molecule has 0 aliphatic heterocycles. The van der Waals surface area contributed by atoms with Crippen LogP contribution in [0.25, 0.3) is 11.0 Å². The van der Waals surface area contributed by atoms with Crippen LogP contribution in [-0.2, 0) is 6.61 Å². The molecule has 4 nitrogen and oxygen atoms in total. The quantitative estimate of drug-likeness (QED) is 0.645. The summed E-state index contributed by atoms with van der Waals surface area (Å²) >= 11 is 3.47. The minimum Gasteiger partial charge on any atom is -0.489 e. The van der Waals surface area contributed by atoms with E-state index in [9.17, 15) is 4.79 Å². The molecule has 0 saturated carbocycles. The fourth-order valence-electron chi connectivity index (χ4n) is 2.33. The van der Waals surface area contributed by atoms with Crippen molar-refractivity contribution >= 4 is 26.9 Å². The summed E-state index contributed by atoms with van der Waals surface area (Å²) < 4.78 is 11.9. The van der Waals surface area contributed by atoms with Gasteiger partial charge < -0.3 is 9.15 Å². The molecule has 2 aromatic carbocycles. The van der Waals surface area contributed by atoms with E-state index in [1.165, 1.54) is 0 Å². The second-order valence-electron chi connectivity index (χ2n) is 5.04. The zero-order valence-electron chi connectivity index (χ0n) is 12.3. The number of ether oxygens (including phenoxy) is 1. The second kappa shape index (κ2) is 6.27. The van der Waals surface area contributed by atoms with E-state index in [0.29, 0.717) is 23.5 Å². The molecule has 0 fully saturated rings. The smallest absolute Gasteiger partial charge is 0.354 e. The van der Waals surface area contributed by atoms with Gasteiger partial charge in [0.1, 0.15) is 29.6 Å². The summed E-state index contributed by atoms with van der Waals surface area (Å²) in [7, 11) is 0. The lowest BCUT2D eigenvalue weighted by Gasteiger charge is -2.09. The molecule has 0 aliphatic carbocycles. The Labute approximate surface area is 141 Å². The van der Waals surface area contributed by atoms with Crippen LogP contribution >= 0.6 is 15.9 Å². The van der Waals surface area contributed by atoms with Crippen LogP contribution < -0.4 is 10.4 Å². The van der Waals surface area contributed by atoms with Crippen LogP contribution in [0.4, 0.5) is 0 Å². The van der Waals surface area contributed by atoms with Gasteiger partial charge in [-0.25, -0.2) is 4.79 Å². The van der Waals surface area contributed by atoms with Crippen molar-refractivity contribution in [2.45, 2.75) is 13.5 Å². The highest BCUT2D eigenvalue weighted by molar-refractivity contribution is 9.10. The first kappa shape index (κ1) is 15.3. The van der Waals surface area contributed by atoms with Crippen LogP contribution in [0.3, 0.4) is 0 Å². The van der Waals surface area contributed by atoms with Crippen LogP contribution in [0, 0.1) is 18.3 Å². The van der Waals surface area contributed by atoms with Crippen LogP contribution in [0.15, 0.2) is 56.1 Å². The molecule has 0 N–H and O–H groups in total. The number of nitriles is 1. The van der Waals surface area contributed by atoms with Crippen molar-refractivity contribution < 1.29 is 9.15 Å². The third kappa shape index (κ3) is 2.99. The highest BCUT2D eigenvalue weighted by Crippen LogP contribution is 2.25. The van der Waals surface area contributed by atoms with Crippen LogP contribution in [0.5, 0.6) is 5.75 Å². The van der Waals surface area contributed by atoms with E-state index in [0.717, 1.165) is 15.4 Å². The largest absolute Gasteiger partial charge is 0.489 e. The minimum absolute atomic E-state index is 0.0411. The monoisotopic (exact) mass is 369 g/mol. The van der Waals surface area contributed by atoms with Gasteiger partial charge in [0.25, 0.3) is 0 Å². The predicted octanol–water partition coefficient (Wildman–Crippen LogP) is 4.31. The van der Waals surface area contributed by atoms with Crippen molar-refractivity contribution in [3.63, 3.8) is 0 Å². The van der Waals surface area contributed by atoms with Crippen molar-refractivity contribution in [2.24, 2.45) is 0 Å². The Hall–Kier alpha value is -2.58. The van der Waals surface area contributed by atoms with E-state index in [1.807, 2.05) is 30.3 Å². The lowest BCUT2D eigenvalue weighted by atomic mass is 10.1. The lowest BCUT2D eigenvalue weighted by Crippen LogP contribution is -2.06. The number of nitrogens with zero attached hydrogens (tertiary/aromatic N) is 1. The number of halogens is 1. The number of benzene rings is 2. The maximum Gasteiger partial charge on any atom is 0.354 e. The number of rotatable bonds is 3. The normalized spacial score (nSPS) is 10.5. The van der Waals surface area contributed by atoms with Gasteiger partial charge in [0.2, 0.25) is 0 Å². The Morgan fingerprint density at radius 2 is 2.04 bits per heavy atom. The first-order valence-corrected chi connectivity index (χ1v) is 7.73. The van der Waals surface area contributed by atoms with Gasteiger partial charge in [-0.05, 0) is 30.7 Å². The fourth-order valence-corrected chi connectivity index (χ4v) is 2.73. The van der Waals surface area contributed by atoms with Crippen LogP contribution in [0.2, 0.25) is 0 Å². The molecule has 0 bridgehead atoms. The first-order chi connectivity index (χ1) is 11.1. The highest BCUT2D eigenvalue weighted by Gasteiger charge is 2.11. The zero-order valence-corrected chi connectivity index (χ0v) is 13.9. The summed E-state index contributed by atoms with van der Waals surface area (Å²) in [6.07, 6.45) is 0. The van der Waals surface area contributed by atoms with E-state index in [1.54, 1.807) is 25.1 Å². The summed E-state index contributed by atoms with van der Waals surface area (Å²) in [4.78, 5) is 11.8. The van der Waals surface area contributed by atoms with Crippen molar-refractivity contribution in [2.75, 3.05) is 0 Å². The SMILES string of the molecule is Cc1c(C#N)c(=O)oc2cc(OCc3ccccc3Br)ccc12. The zero-order chi connectivity index (χ0) is 16.4. The molecule has 0 amide bonds. The highest BCUT2D eigenvalue weighted by atomic mass is 79.9. The molecule has 0 spiro atoms. The van der Waals surface area contributed by atoms with Crippen molar-refractivity contribution in [3.8, 4) is 11.8 Å². The van der Waals surface area contributed by atoms with Crippen LogP contribution in [-0.4, -0.2) is 0 Å². The third-order valence-corrected chi connectivity index (χ3v) is 4.38. The number of aryl methyl sites for hydroxylation is 1. The molecule has 0 radical (unpaired) electrons. The van der Waals surface area contributed by atoms with Gasteiger partial charge in [-0.2, -0.15) is 5.26 Å². The molecule has 3 rings (SSSR count). The molecular formula is C18H12BrNO3. The number of hydrogen-bond acceptors (Lipinski definition) is 4. The van der Waals surface area contributed by atoms with Crippen molar-refractivity contribution in [1.29, 1.82) is 5.26 Å². The number of hydrogen-bond donors (Lipinski definition) is 0. The molecule has 1 aromatic heterocycles. The summed E-state index contributed by atoms with van der Waals surface area (Å²) in [5.41, 5.74) is 1.47. The number of fused-ring (bicyclic) bond motifs is 1. The molecule has 0 unspecified atom stereocenters. The Morgan fingerprint density at radius 1 is 1.26 bits per heavy atom. The minimum atomic E-state index is -0.625. The van der Waals surface area contributed by atoms with Crippen molar-refractivity contribution in [3.05, 3.63) is 74.0 Å². The van der Waals surface area contributed by atoms with Crippen molar-refractivity contribution in [1.82, 2.24) is 0 Å². The van der Waals surface area contributed by atoms with E-state index in [4.69, 9.17) is 14.4 Å². The van der Waals surface area contributed by atoms with Gasteiger partial charge in [0.05, 0.1) is 0 Å². The van der Waals surface area contributed by atoms with E-state index in [2.05, 4.69) is 15.9 Å². The summed E-state index contributed by atoms with van der Waals surface area (Å²) in [6.45, 7) is 2.13. The van der Waals surface area contributed by atoms with Gasteiger partial charge in [-0.3, -0.25) is 0 Å². The Kier molecular flexibility index (Phi) is 4.18. The molecule has 0 aliphatic rings. The molecule has 23 heavy (non-hydrogen) atoms. The van der Waals surface area contributed by atoms with Crippen LogP contribution in [0.1, 0.15) is 16.7 Å². The third-order valence-electron chi connectivity index (χ3n) is 3.60. The summed E-state index contributed by atoms with van der Waals surface area (Å²) in [5, 5.41) is 9.74. The van der Waals surface area contributed by atoms with E-state index >= 15 is 0 Å². The molecule has 0 atom stereocenters. The fraction of sp³-hybridized carbons (Fsp3) is 0.111. The molecule has 1 heterocycles. The molecular weight excluding hydrogens is 358 g/mol. The summed E-state index contributed by atoms with van der Waals surface area (Å²) in [6, 6.07) is 14.9. The maximum absolute atomic E-state index is 11.8. The first-order valence-electron chi connectivity index (χ1n) is 6.94. The average Bonchev–Trinajstić information content (AvgIpc) is 2.54. The Morgan fingerprint density at radius 3 is 2.78 bits per heavy atom. The average molecular weight is 370 g/mol. The molecule has 0 saturated heterocycles. The molecule has 3 aromatic rings. The van der Waals surface area contributed by atoms with Gasteiger partial charge >= 0.3 is 5.63 Å². The molecule has 114 valence electrons. The van der Waals surface area contributed by atoms with E-state index in [-0.39, 0.29) is 5.56 Å². The topological polar surface area (TPSA) is 63.2 Å². The lowest BCUT2D eigenvalue weighted by molar-refractivity contribution is 0.305. The standard InChI is InChI=1S/C18H12BrNO3/c1-11-14-7-6-13(8-17(14)23-18(21)15(11)9-20)22-10-12-4-2-3-5-16(12)19/h2-8H,10H2,1H3. The van der Waals surface area contributed by atoms with Gasteiger partial charge in [0, 0.05) is 21.5 Å². The van der Waals surface area contributed by atoms with Gasteiger partial charge in [-0.1, -0.05) is 34.1 Å². The predicted molar refractivity (Wildman–Crippen MR) is 90.4 cm³/mol. The van der Waals surface area contributed by atoms with Gasteiger partial charge in [0.15, 0.2) is 0 Å². The van der Waals surface area contributed by atoms with E-state index < -0.39 is 5.63 Å². The summed E-state index contributed by atoms with van der Waals surface area (Å²) in [5.74, 6) is 0.598. The Bertz CT molecular complexity index is 986. The Balaban J connectivity index is 1.94. The molecule has 5 heteroatoms. The maximum atomic E-state index is 11.8. The van der Waals surface area contributed by atoms with Gasteiger partial charge in [-0.15, -0.1) is 0 Å².